The van der Waals surface area contributed by atoms with Gasteiger partial charge in [0.05, 0.1) is 12.1 Å². The minimum atomic E-state index is 0.0471. The molecule has 0 spiro atoms. The van der Waals surface area contributed by atoms with Crippen molar-refractivity contribution >= 4 is 5.78 Å². The van der Waals surface area contributed by atoms with Crippen LogP contribution in [-0.2, 0) is 12.8 Å². The van der Waals surface area contributed by atoms with Gasteiger partial charge in [-0.1, -0.05) is 36.4 Å². The van der Waals surface area contributed by atoms with Crippen LogP contribution in [0.1, 0.15) is 88.5 Å². The number of benzene rings is 2. The van der Waals surface area contributed by atoms with E-state index < -0.39 is 0 Å². The van der Waals surface area contributed by atoms with Crippen LogP contribution in [0.3, 0.4) is 0 Å². The summed E-state index contributed by atoms with van der Waals surface area (Å²) >= 11 is 0. The van der Waals surface area contributed by atoms with E-state index >= 15 is 0 Å². The van der Waals surface area contributed by atoms with Gasteiger partial charge in [0.25, 0.3) is 0 Å². The Kier molecular flexibility index (Phi) is 5.27. The highest BCUT2D eigenvalue weighted by Crippen LogP contribution is 2.44. The van der Waals surface area contributed by atoms with Crippen LogP contribution in [0.2, 0.25) is 0 Å². The minimum Gasteiger partial charge on any atom is -0.289 e. The molecule has 0 heterocycles. The predicted octanol–water partition coefficient (Wildman–Crippen LogP) is 5.58. The monoisotopic (exact) mass is 368 g/mol. The van der Waals surface area contributed by atoms with E-state index in [2.05, 4.69) is 24.3 Å². The normalized spacial score (nSPS) is 15.6. The van der Waals surface area contributed by atoms with Gasteiger partial charge >= 0.3 is 0 Å². The molecule has 2 aromatic carbocycles. The van der Waals surface area contributed by atoms with Crippen molar-refractivity contribution in [2.24, 2.45) is 0 Å². The Morgan fingerprint density at radius 3 is 1.57 bits per heavy atom. The molecular weight excluding hydrogens is 344 g/mol. The third-order valence-electron chi connectivity index (χ3n) is 5.92. The molecule has 4 rings (SSSR count). The minimum absolute atomic E-state index is 0.0471. The summed E-state index contributed by atoms with van der Waals surface area (Å²) in [4.78, 5) is 13.6. The predicted molar refractivity (Wildman–Crippen MR) is 108 cm³/mol. The largest absolute Gasteiger partial charge is 0.289 e. The molecule has 0 N–H and O–H groups in total. The van der Waals surface area contributed by atoms with Gasteiger partial charge in [-0.05, 0) is 72.6 Å². The molecule has 0 aliphatic heterocycles. The summed E-state index contributed by atoms with van der Waals surface area (Å²) in [5.74, 6) is 1.13. The number of nitriles is 2. The molecule has 0 amide bonds. The van der Waals surface area contributed by atoms with Crippen molar-refractivity contribution in [2.75, 3.05) is 0 Å². The molecule has 2 fully saturated rings. The molecular formula is C25H24N2O. The van der Waals surface area contributed by atoms with Crippen molar-refractivity contribution in [1.82, 2.24) is 0 Å². The lowest BCUT2D eigenvalue weighted by molar-refractivity contribution is 0.103. The van der Waals surface area contributed by atoms with Crippen LogP contribution in [-0.4, -0.2) is 5.78 Å². The van der Waals surface area contributed by atoms with Crippen LogP contribution >= 0.6 is 0 Å². The van der Waals surface area contributed by atoms with Gasteiger partial charge in [-0.2, -0.15) is 10.5 Å². The topological polar surface area (TPSA) is 64.7 Å². The molecule has 2 aliphatic carbocycles. The van der Waals surface area contributed by atoms with Gasteiger partial charge in [-0.25, -0.2) is 0 Å². The van der Waals surface area contributed by atoms with Crippen molar-refractivity contribution in [1.29, 1.82) is 10.5 Å². The first-order chi connectivity index (χ1) is 13.7. The Labute approximate surface area is 166 Å². The average Bonchev–Trinajstić information content (AvgIpc) is 3.62. The molecule has 0 aromatic heterocycles. The first-order valence-electron chi connectivity index (χ1n) is 10.3. The summed E-state index contributed by atoms with van der Waals surface area (Å²) < 4.78 is 0. The second kappa shape index (κ2) is 7.99. The number of carbonyl (C=O) groups excluding carboxylic acids is 1. The second-order valence-electron chi connectivity index (χ2n) is 7.94. The lowest BCUT2D eigenvalue weighted by Gasteiger charge is -2.17. The van der Waals surface area contributed by atoms with Crippen molar-refractivity contribution < 1.29 is 4.79 Å². The summed E-state index contributed by atoms with van der Waals surface area (Å²) in [6, 6.07) is 16.5. The van der Waals surface area contributed by atoms with E-state index in [0.29, 0.717) is 37.5 Å². The first kappa shape index (κ1) is 18.5. The lowest BCUT2D eigenvalue weighted by Crippen LogP contribution is -2.12. The van der Waals surface area contributed by atoms with Gasteiger partial charge in [-0.3, -0.25) is 4.79 Å². The highest BCUT2D eigenvalue weighted by Gasteiger charge is 2.30. The Morgan fingerprint density at radius 2 is 1.21 bits per heavy atom. The van der Waals surface area contributed by atoms with E-state index in [1.807, 2.05) is 24.3 Å². The van der Waals surface area contributed by atoms with Gasteiger partial charge in [0.1, 0.15) is 0 Å². The van der Waals surface area contributed by atoms with Crippen molar-refractivity contribution in [3.63, 3.8) is 0 Å². The fourth-order valence-electron chi connectivity index (χ4n) is 4.25. The van der Waals surface area contributed by atoms with Crippen LogP contribution in [0.4, 0.5) is 0 Å². The van der Waals surface area contributed by atoms with Gasteiger partial charge in [0, 0.05) is 24.0 Å². The number of ketones is 1. The van der Waals surface area contributed by atoms with Crippen molar-refractivity contribution in [2.45, 2.75) is 63.2 Å². The van der Waals surface area contributed by atoms with E-state index in [9.17, 15) is 4.79 Å². The third kappa shape index (κ3) is 3.71. The Balaban J connectivity index is 1.78. The highest BCUT2D eigenvalue weighted by molar-refractivity contribution is 6.11. The van der Waals surface area contributed by atoms with E-state index in [1.54, 1.807) is 0 Å². The maximum Gasteiger partial charge on any atom is 0.193 e. The van der Waals surface area contributed by atoms with Gasteiger partial charge in [0.15, 0.2) is 5.78 Å². The molecule has 0 saturated heterocycles. The molecule has 2 aliphatic rings. The van der Waals surface area contributed by atoms with Gasteiger partial charge in [-0.15, -0.1) is 0 Å². The molecule has 28 heavy (non-hydrogen) atoms. The molecule has 0 unspecified atom stereocenters. The summed E-state index contributed by atoms with van der Waals surface area (Å²) in [7, 11) is 0. The number of carbonyl (C=O) groups is 1. The molecule has 2 aromatic rings. The SMILES string of the molecule is N#CCCc1c(C(=O)c2cccc(C3CC3)c2CCC#N)cccc1C1CC1. The van der Waals surface area contributed by atoms with Gasteiger partial charge < -0.3 is 0 Å². The molecule has 2 saturated carbocycles. The summed E-state index contributed by atoms with van der Waals surface area (Å²) in [5.41, 5.74) is 6.09. The zero-order valence-electron chi connectivity index (χ0n) is 16.1. The summed E-state index contributed by atoms with van der Waals surface area (Å²) in [5, 5.41) is 18.2. The van der Waals surface area contributed by atoms with Crippen molar-refractivity contribution in [3.8, 4) is 12.1 Å². The summed E-state index contributed by atoms with van der Waals surface area (Å²) in [6.07, 6.45) is 6.77. The standard InChI is InChI=1S/C25H24N2O/c26-15-3-9-21-19(17-11-12-17)5-1-7-23(21)25(28)24-8-2-6-20(18-13-14-18)22(24)10-4-16-27/h1-2,5-8,17-18H,3-4,9-14H2. The van der Waals surface area contributed by atoms with Crippen molar-refractivity contribution in [3.05, 3.63) is 69.8 Å². The average molecular weight is 368 g/mol. The smallest absolute Gasteiger partial charge is 0.193 e. The zero-order valence-corrected chi connectivity index (χ0v) is 16.1. The molecule has 3 nitrogen and oxygen atoms in total. The maximum atomic E-state index is 13.6. The molecule has 140 valence electrons. The Bertz CT molecular complexity index is 905. The molecule has 0 radical (unpaired) electrons. The fraction of sp³-hybridized carbons (Fsp3) is 0.400. The molecule has 0 atom stereocenters. The number of rotatable bonds is 8. The van der Waals surface area contributed by atoms with E-state index in [0.717, 1.165) is 22.3 Å². The Hall–Kier alpha value is -2.91. The third-order valence-corrected chi connectivity index (χ3v) is 5.92. The second-order valence-corrected chi connectivity index (χ2v) is 7.94. The van der Waals surface area contributed by atoms with Crippen LogP contribution in [0, 0.1) is 22.7 Å². The number of hydrogen-bond donors (Lipinski definition) is 0. The first-order valence-corrected chi connectivity index (χ1v) is 10.3. The summed E-state index contributed by atoms with van der Waals surface area (Å²) in [6.45, 7) is 0. The Morgan fingerprint density at radius 1 is 0.786 bits per heavy atom. The lowest BCUT2D eigenvalue weighted by atomic mass is 9.86. The van der Waals surface area contributed by atoms with E-state index in [1.165, 1.54) is 36.8 Å². The van der Waals surface area contributed by atoms with Crippen LogP contribution in [0.25, 0.3) is 0 Å². The zero-order chi connectivity index (χ0) is 19.5. The van der Waals surface area contributed by atoms with Crippen LogP contribution < -0.4 is 0 Å². The maximum absolute atomic E-state index is 13.6. The van der Waals surface area contributed by atoms with Crippen LogP contribution in [0.5, 0.6) is 0 Å². The number of nitrogens with zero attached hydrogens (tertiary/aromatic N) is 2. The van der Waals surface area contributed by atoms with Crippen LogP contribution in [0.15, 0.2) is 36.4 Å². The van der Waals surface area contributed by atoms with E-state index in [-0.39, 0.29) is 5.78 Å². The van der Waals surface area contributed by atoms with E-state index in [4.69, 9.17) is 10.5 Å². The quantitative estimate of drug-likeness (QED) is 0.571. The fourth-order valence-corrected chi connectivity index (χ4v) is 4.25. The molecule has 3 heteroatoms. The van der Waals surface area contributed by atoms with Gasteiger partial charge in [0.2, 0.25) is 0 Å². The molecule has 0 bridgehead atoms. The highest BCUT2D eigenvalue weighted by atomic mass is 16.1. The number of hydrogen-bond acceptors (Lipinski definition) is 3.